The third kappa shape index (κ3) is 2.91. The molecule has 2 aromatic heterocycles. The van der Waals surface area contributed by atoms with Gasteiger partial charge in [0.25, 0.3) is 0 Å². The molecule has 0 spiro atoms. The average Bonchev–Trinajstić information content (AvgIpc) is 3.47. The first-order valence-corrected chi connectivity index (χ1v) is 11.9. The highest BCUT2D eigenvalue weighted by Gasteiger charge is 2.23. The fraction of sp³-hybridized carbons (Fsp3) is 0.0625. The number of aryl methyl sites for hydroxylation is 1. The Morgan fingerprint density at radius 2 is 1.09 bits per heavy atom. The van der Waals surface area contributed by atoms with Crippen molar-refractivity contribution in [3.63, 3.8) is 0 Å². The molecule has 0 aliphatic carbocycles. The van der Waals surface area contributed by atoms with Crippen LogP contribution in [0.1, 0.15) is 5.56 Å². The third-order valence-corrected chi connectivity index (χ3v) is 7.13. The van der Waals surface area contributed by atoms with E-state index in [2.05, 4.69) is 102 Å². The van der Waals surface area contributed by atoms with Gasteiger partial charge >= 0.3 is 0 Å². The summed E-state index contributed by atoms with van der Waals surface area (Å²) in [7, 11) is 1.71. The summed E-state index contributed by atoms with van der Waals surface area (Å²) in [5.74, 6) is 0.853. The van der Waals surface area contributed by atoms with E-state index < -0.39 is 0 Å². The Kier molecular flexibility index (Phi) is 4.27. The minimum atomic E-state index is 0.853. The van der Waals surface area contributed by atoms with Crippen LogP contribution < -0.4 is 4.74 Å². The van der Waals surface area contributed by atoms with Crippen molar-refractivity contribution in [3.8, 4) is 28.0 Å². The van der Waals surface area contributed by atoms with Crippen LogP contribution in [-0.2, 0) is 0 Å². The van der Waals surface area contributed by atoms with Crippen LogP contribution in [-0.4, -0.2) is 17.1 Å². The number of ether oxygens (including phenoxy) is 1. The Hall–Kier alpha value is -4.50. The van der Waals surface area contributed by atoms with Crippen LogP contribution in [0.2, 0.25) is 0 Å². The summed E-state index contributed by atoms with van der Waals surface area (Å²) < 4.78 is 5.47. The fourth-order valence-electron chi connectivity index (χ4n) is 5.48. The van der Waals surface area contributed by atoms with Crippen LogP contribution in [0.15, 0.2) is 97.1 Å². The van der Waals surface area contributed by atoms with Gasteiger partial charge in [-0.2, -0.15) is 0 Å². The second kappa shape index (κ2) is 7.51. The molecule has 0 radical (unpaired) electrons. The van der Waals surface area contributed by atoms with Gasteiger partial charge in [0.05, 0.1) is 18.1 Å². The van der Waals surface area contributed by atoms with Crippen molar-refractivity contribution in [1.82, 2.24) is 9.97 Å². The molecule has 0 saturated heterocycles. The molecule has 0 aliphatic rings. The first kappa shape index (κ1) is 19.9. The van der Waals surface area contributed by atoms with Crippen molar-refractivity contribution < 1.29 is 4.74 Å². The number of benzene rings is 5. The topological polar surface area (TPSA) is 40.8 Å². The minimum Gasteiger partial charge on any atom is -0.497 e. The molecule has 0 aliphatic heterocycles. The molecule has 7 rings (SSSR count). The molecule has 0 bridgehead atoms. The van der Waals surface area contributed by atoms with E-state index in [0.29, 0.717) is 0 Å². The van der Waals surface area contributed by atoms with Crippen molar-refractivity contribution in [2.75, 3.05) is 7.11 Å². The molecule has 2 heterocycles. The van der Waals surface area contributed by atoms with Crippen molar-refractivity contribution >= 4 is 43.6 Å². The standard InChI is InChI=1S/C32H24N2O/c1-19-11-13-20(14-12-19)27-28(21-15-17-22(35-2)18-16-21)31-30(24-8-4-6-10-26(24)33-31)32-29(27)23-7-3-5-9-25(23)34-32/h3-18,33-34H,1-2H3. The zero-order valence-corrected chi connectivity index (χ0v) is 19.6. The van der Waals surface area contributed by atoms with Gasteiger partial charge in [-0.15, -0.1) is 0 Å². The molecule has 0 saturated carbocycles. The number of nitrogens with one attached hydrogen (secondary N) is 2. The molecular weight excluding hydrogens is 428 g/mol. The zero-order chi connectivity index (χ0) is 23.5. The van der Waals surface area contributed by atoms with Gasteiger partial charge < -0.3 is 14.7 Å². The van der Waals surface area contributed by atoms with E-state index in [1.807, 2.05) is 12.1 Å². The molecule has 5 aromatic carbocycles. The fourth-order valence-corrected chi connectivity index (χ4v) is 5.48. The molecule has 3 heteroatoms. The molecular formula is C32H24N2O. The van der Waals surface area contributed by atoms with Crippen LogP contribution in [0.3, 0.4) is 0 Å². The van der Waals surface area contributed by atoms with Gasteiger partial charge in [-0.3, -0.25) is 0 Å². The summed E-state index contributed by atoms with van der Waals surface area (Å²) in [6.07, 6.45) is 0. The highest BCUT2D eigenvalue weighted by Crippen LogP contribution is 2.48. The zero-order valence-electron chi connectivity index (χ0n) is 19.6. The summed E-state index contributed by atoms with van der Waals surface area (Å²) in [4.78, 5) is 7.56. The molecule has 7 aromatic rings. The van der Waals surface area contributed by atoms with Gasteiger partial charge in [-0.25, -0.2) is 0 Å². The second-order valence-electron chi connectivity index (χ2n) is 9.19. The average molecular weight is 453 g/mol. The number of H-pyrrole nitrogens is 2. The molecule has 0 unspecified atom stereocenters. The lowest BCUT2D eigenvalue weighted by molar-refractivity contribution is 0.415. The van der Waals surface area contributed by atoms with Crippen LogP contribution in [0, 0.1) is 6.92 Å². The number of para-hydroxylation sites is 2. The van der Waals surface area contributed by atoms with Crippen molar-refractivity contribution in [2.45, 2.75) is 6.92 Å². The predicted octanol–water partition coefficient (Wildman–Crippen LogP) is 8.61. The lowest BCUT2D eigenvalue weighted by Gasteiger charge is -2.16. The molecule has 0 atom stereocenters. The van der Waals surface area contributed by atoms with E-state index in [0.717, 1.165) is 27.9 Å². The first-order valence-electron chi connectivity index (χ1n) is 11.9. The van der Waals surface area contributed by atoms with Crippen LogP contribution in [0.25, 0.3) is 65.9 Å². The van der Waals surface area contributed by atoms with E-state index in [-0.39, 0.29) is 0 Å². The molecule has 35 heavy (non-hydrogen) atoms. The quantitative estimate of drug-likeness (QED) is 0.277. The maximum atomic E-state index is 5.47. The Morgan fingerprint density at radius 3 is 1.74 bits per heavy atom. The lowest BCUT2D eigenvalue weighted by atomic mass is 9.88. The Morgan fingerprint density at radius 1 is 0.543 bits per heavy atom. The summed E-state index contributed by atoms with van der Waals surface area (Å²) in [6.45, 7) is 2.14. The van der Waals surface area contributed by atoms with E-state index in [4.69, 9.17) is 4.74 Å². The van der Waals surface area contributed by atoms with E-state index >= 15 is 0 Å². The van der Waals surface area contributed by atoms with Gasteiger partial charge in [-0.05, 0) is 42.3 Å². The largest absolute Gasteiger partial charge is 0.497 e. The predicted molar refractivity (Wildman–Crippen MR) is 147 cm³/mol. The molecule has 0 fully saturated rings. The number of methoxy groups -OCH3 is 1. The van der Waals surface area contributed by atoms with E-state index in [9.17, 15) is 0 Å². The summed E-state index contributed by atoms with van der Waals surface area (Å²) in [6, 6.07) is 34.5. The van der Waals surface area contributed by atoms with Gasteiger partial charge in [0.2, 0.25) is 0 Å². The van der Waals surface area contributed by atoms with Crippen molar-refractivity contribution in [1.29, 1.82) is 0 Å². The highest BCUT2D eigenvalue weighted by molar-refractivity contribution is 6.32. The molecule has 0 amide bonds. The van der Waals surface area contributed by atoms with E-state index in [1.54, 1.807) is 7.11 Å². The maximum absolute atomic E-state index is 5.47. The number of fused-ring (bicyclic) bond motifs is 7. The number of hydrogen-bond donors (Lipinski definition) is 2. The first-order chi connectivity index (χ1) is 17.2. The van der Waals surface area contributed by atoms with Gasteiger partial charge in [0.15, 0.2) is 0 Å². The number of hydrogen-bond acceptors (Lipinski definition) is 1. The minimum absolute atomic E-state index is 0.853. The Bertz CT molecular complexity index is 1870. The lowest BCUT2D eigenvalue weighted by Crippen LogP contribution is -1.91. The highest BCUT2D eigenvalue weighted by atomic mass is 16.5. The second-order valence-corrected chi connectivity index (χ2v) is 9.19. The SMILES string of the molecule is COc1ccc(-c2c(-c3ccc(C)cc3)c3c4ccccc4[nH]c3c3c2[nH]c2ccccc23)cc1. The monoisotopic (exact) mass is 452 g/mol. The smallest absolute Gasteiger partial charge is 0.118 e. The van der Waals surface area contributed by atoms with E-state index in [1.165, 1.54) is 49.3 Å². The molecule has 3 nitrogen and oxygen atoms in total. The Balaban J connectivity index is 1.77. The summed E-state index contributed by atoms with van der Waals surface area (Å²) in [5.41, 5.74) is 10.7. The number of rotatable bonds is 3. The van der Waals surface area contributed by atoms with Gasteiger partial charge in [0.1, 0.15) is 5.75 Å². The number of aromatic amines is 2. The number of aromatic nitrogens is 2. The van der Waals surface area contributed by atoms with Crippen molar-refractivity contribution in [2.24, 2.45) is 0 Å². The van der Waals surface area contributed by atoms with Crippen LogP contribution in [0.5, 0.6) is 5.75 Å². The normalized spacial score (nSPS) is 11.7. The van der Waals surface area contributed by atoms with Crippen LogP contribution in [0.4, 0.5) is 0 Å². The van der Waals surface area contributed by atoms with Crippen molar-refractivity contribution in [3.05, 3.63) is 103 Å². The summed E-state index contributed by atoms with van der Waals surface area (Å²) >= 11 is 0. The van der Waals surface area contributed by atoms with Gasteiger partial charge in [0, 0.05) is 43.7 Å². The van der Waals surface area contributed by atoms with Crippen LogP contribution >= 0.6 is 0 Å². The van der Waals surface area contributed by atoms with Gasteiger partial charge in [-0.1, -0.05) is 78.4 Å². The maximum Gasteiger partial charge on any atom is 0.118 e. The molecule has 168 valence electrons. The Labute approximate surface area is 203 Å². The summed E-state index contributed by atoms with van der Waals surface area (Å²) in [5, 5.41) is 4.95. The third-order valence-electron chi connectivity index (χ3n) is 7.13. The molecule has 2 N–H and O–H groups in total.